The Balaban J connectivity index is 2.32. The van der Waals surface area contributed by atoms with Gasteiger partial charge in [0.25, 0.3) is 5.78 Å². The molecular formula is C11H9BrO3. The van der Waals surface area contributed by atoms with E-state index in [1.54, 1.807) is 12.1 Å². The smallest absolute Gasteiger partial charge is 0.377 e. The minimum Gasteiger partial charge on any atom is -0.475 e. The molecule has 0 atom stereocenters. The van der Waals surface area contributed by atoms with Crippen molar-refractivity contribution in [3.8, 4) is 0 Å². The molecule has 15 heavy (non-hydrogen) atoms. The molecule has 0 bridgehead atoms. The summed E-state index contributed by atoms with van der Waals surface area (Å²) < 4.78 is 0.831. The van der Waals surface area contributed by atoms with Crippen LogP contribution in [-0.4, -0.2) is 16.9 Å². The van der Waals surface area contributed by atoms with Crippen molar-refractivity contribution in [3.05, 3.63) is 33.8 Å². The molecule has 3 nitrogen and oxygen atoms in total. The van der Waals surface area contributed by atoms with E-state index in [0.29, 0.717) is 5.92 Å². The number of carboxylic acids is 1. The summed E-state index contributed by atoms with van der Waals surface area (Å²) in [5.41, 5.74) is 1.38. The summed E-state index contributed by atoms with van der Waals surface area (Å²) >= 11 is 3.36. The molecule has 1 aromatic carbocycles. The fourth-order valence-corrected chi connectivity index (χ4v) is 2.22. The summed E-state index contributed by atoms with van der Waals surface area (Å²) in [6.45, 7) is 0. The Kier molecular flexibility index (Phi) is 2.61. The second kappa shape index (κ2) is 3.77. The summed E-state index contributed by atoms with van der Waals surface area (Å²) in [6.07, 6.45) is 2.34. The van der Waals surface area contributed by atoms with E-state index < -0.39 is 11.8 Å². The topological polar surface area (TPSA) is 54.4 Å². The number of Topliss-reactive ketones (excluding diaryl/α,β-unsaturated/α-hetero) is 1. The van der Waals surface area contributed by atoms with E-state index in [9.17, 15) is 9.59 Å². The zero-order valence-corrected chi connectivity index (χ0v) is 9.45. The predicted molar refractivity (Wildman–Crippen MR) is 58.1 cm³/mol. The standard InChI is InChI=1S/C11H9BrO3/c12-9-5-7(10(13)11(14)15)3-4-8(9)6-1-2-6/h3-6H,1-2H2,(H,14,15). The quantitative estimate of drug-likeness (QED) is 0.677. The van der Waals surface area contributed by atoms with Crippen LogP contribution in [0.15, 0.2) is 22.7 Å². The van der Waals surface area contributed by atoms with Crippen LogP contribution in [0.4, 0.5) is 0 Å². The van der Waals surface area contributed by atoms with Crippen LogP contribution < -0.4 is 0 Å². The highest BCUT2D eigenvalue weighted by Crippen LogP contribution is 2.43. The van der Waals surface area contributed by atoms with Crippen LogP contribution in [0.3, 0.4) is 0 Å². The number of carbonyl (C=O) groups is 2. The Bertz CT molecular complexity index is 435. The number of rotatable bonds is 3. The molecule has 78 valence electrons. The van der Waals surface area contributed by atoms with Crippen molar-refractivity contribution >= 4 is 27.7 Å². The van der Waals surface area contributed by atoms with Crippen LogP contribution in [0.2, 0.25) is 0 Å². The van der Waals surface area contributed by atoms with E-state index in [-0.39, 0.29) is 5.56 Å². The van der Waals surface area contributed by atoms with E-state index >= 15 is 0 Å². The van der Waals surface area contributed by atoms with Gasteiger partial charge < -0.3 is 5.11 Å². The first kappa shape index (κ1) is 10.4. The second-order valence-electron chi connectivity index (χ2n) is 3.64. The molecule has 0 unspecified atom stereocenters. The van der Waals surface area contributed by atoms with Crippen LogP contribution in [-0.2, 0) is 4.79 Å². The van der Waals surface area contributed by atoms with Crippen molar-refractivity contribution < 1.29 is 14.7 Å². The molecule has 2 rings (SSSR count). The number of benzene rings is 1. The molecular weight excluding hydrogens is 260 g/mol. The van der Waals surface area contributed by atoms with Crippen molar-refractivity contribution in [2.24, 2.45) is 0 Å². The number of halogens is 1. The normalized spacial score (nSPS) is 15.0. The fourth-order valence-electron chi connectivity index (χ4n) is 1.52. The molecule has 0 amide bonds. The van der Waals surface area contributed by atoms with Crippen LogP contribution in [0.1, 0.15) is 34.7 Å². The Hall–Kier alpha value is -1.16. The highest BCUT2D eigenvalue weighted by Gasteiger charge is 2.26. The fraction of sp³-hybridized carbons (Fsp3) is 0.273. The van der Waals surface area contributed by atoms with Crippen LogP contribution >= 0.6 is 15.9 Å². The maximum absolute atomic E-state index is 11.2. The third kappa shape index (κ3) is 2.09. The molecule has 0 heterocycles. The highest BCUT2D eigenvalue weighted by molar-refractivity contribution is 9.10. The second-order valence-corrected chi connectivity index (χ2v) is 4.50. The van der Waals surface area contributed by atoms with Crippen LogP contribution in [0, 0.1) is 0 Å². The van der Waals surface area contributed by atoms with Crippen molar-refractivity contribution in [2.45, 2.75) is 18.8 Å². The van der Waals surface area contributed by atoms with E-state index in [0.717, 1.165) is 10.0 Å². The SMILES string of the molecule is O=C(O)C(=O)c1ccc(C2CC2)c(Br)c1. The van der Waals surface area contributed by atoms with Gasteiger partial charge in [-0.05, 0) is 30.4 Å². The Labute approximate surface area is 95.2 Å². The predicted octanol–water partition coefficient (Wildman–Crippen LogP) is 2.59. The molecule has 1 aromatic rings. The molecule has 1 aliphatic rings. The monoisotopic (exact) mass is 268 g/mol. The van der Waals surface area contributed by atoms with Crippen molar-refractivity contribution in [1.82, 2.24) is 0 Å². The van der Waals surface area contributed by atoms with Gasteiger partial charge in [0, 0.05) is 10.0 Å². The summed E-state index contributed by atoms with van der Waals surface area (Å²) in [4.78, 5) is 21.7. The zero-order chi connectivity index (χ0) is 11.0. The number of aliphatic carboxylic acids is 1. The lowest BCUT2D eigenvalue weighted by Crippen LogP contribution is -2.12. The lowest BCUT2D eigenvalue weighted by atomic mass is 10.1. The Morgan fingerprint density at radius 1 is 1.33 bits per heavy atom. The highest BCUT2D eigenvalue weighted by atomic mass is 79.9. The van der Waals surface area contributed by atoms with Gasteiger partial charge in [-0.25, -0.2) is 4.79 Å². The van der Waals surface area contributed by atoms with Crippen LogP contribution in [0.25, 0.3) is 0 Å². The number of hydrogen-bond acceptors (Lipinski definition) is 2. The maximum atomic E-state index is 11.2. The van der Waals surface area contributed by atoms with Crippen LogP contribution in [0.5, 0.6) is 0 Å². The summed E-state index contributed by atoms with van der Waals surface area (Å²) in [7, 11) is 0. The minimum absolute atomic E-state index is 0.221. The summed E-state index contributed by atoms with van der Waals surface area (Å²) in [6, 6.07) is 5.00. The molecule has 0 spiro atoms. The number of ketones is 1. The molecule has 0 aromatic heterocycles. The minimum atomic E-state index is -1.42. The molecule has 4 heteroatoms. The van der Waals surface area contributed by atoms with Gasteiger partial charge in [-0.3, -0.25) is 4.79 Å². The zero-order valence-electron chi connectivity index (χ0n) is 7.87. The number of carboxylic acid groups (broad SMARTS) is 1. The van der Waals surface area contributed by atoms with Gasteiger partial charge in [0.1, 0.15) is 0 Å². The van der Waals surface area contributed by atoms with Crippen molar-refractivity contribution in [2.75, 3.05) is 0 Å². The van der Waals surface area contributed by atoms with E-state index in [2.05, 4.69) is 15.9 Å². The van der Waals surface area contributed by atoms with Gasteiger partial charge >= 0.3 is 5.97 Å². The van der Waals surface area contributed by atoms with Gasteiger partial charge in [-0.15, -0.1) is 0 Å². The van der Waals surface area contributed by atoms with Crippen molar-refractivity contribution in [1.29, 1.82) is 0 Å². The van der Waals surface area contributed by atoms with Gasteiger partial charge in [0.15, 0.2) is 0 Å². The van der Waals surface area contributed by atoms with Gasteiger partial charge in [0.2, 0.25) is 0 Å². The largest absolute Gasteiger partial charge is 0.475 e. The lowest BCUT2D eigenvalue weighted by Gasteiger charge is -2.03. The molecule has 1 saturated carbocycles. The van der Waals surface area contributed by atoms with E-state index in [4.69, 9.17) is 5.11 Å². The molecule has 0 aliphatic heterocycles. The first-order valence-corrected chi connectivity index (χ1v) is 5.46. The van der Waals surface area contributed by atoms with Gasteiger partial charge in [-0.1, -0.05) is 28.1 Å². The summed E-state index contributed by atoms with van der Waals surface area (Å²) in [5.74, 6) is -1.70. The van der Waals surface area contributed by atoms with E-state index in [1.165, 1.54) is 12.8 Å². The van der Waals surface area contributed by atoms with Gasteiger partial charge in [-0.2, -0.15) is 0 Å². The lowest BCUT2D eigenvalue weighted by molar-refractivity contribution is -0.131. The van der Waals surface area contributed by atoms with Crippen molar-refractivity contribution in [3.63, 3.8) is 0 Å². The molecule has 1 aliphatic carbocycles. The average Bonchev–Trinajstić information content (AvgIpc) is 3.00. The first-order valence-electron chi connectivity index (χ1n) is 4.66. The third-order valence-corrected chi connectivity index (χ3v) is 3.16. The van der Waals surface area contributed by atoms with Gasteiger partial charge in [0.05, 0.1) is 0 Å². The Morgan fingerprint density at radius 2 is 2.00 bits per heavy atom. The molecule has 1 N–H and O–H groups in total. The molecule has 0 radical (unpaired) electrons. The third-order valence-electron chi connectivity index (χ3n) is 2.47. The molecule has 1 fully saturated rings. The first-order chi connectivity index (χ1) is 7.09. The summed E-state index contributed by atoms with van der Waals surface area (Å²) in [5, 5.41) is 8.55. The Morgan fingerprint density at radius 3 is 2.47 bits per heavy atom. The van der Waals surface area contributed by atoms with E-state index in [1.807, 2.05) is 6.07 Å². The average molecular weight is 269 g/mol. The number of hydrogen-bond donors (Lipinski definition) is 1. The molecule has 0 saturated heterocycles. The maximum Gasteiger partial charge on any atom is 0.377 e. The number of carbonyl (C=O) groups excluding carboxylic acids is 1.